The van der Waals surface area contributed by atoms with E-state index >= 15 is 0 Å². The van der Waals surface area contributed by atoms with Crippen molar-refractivity contribution in [3.63, 3.8) is 0 Å². The van der Waals surface area contributed by atoms with Crippen LogP contribution in [0.3, 0.4) is 0 Å². The van der Waals surface area contributed by atoms with Crippen LogP contribution in [0.5, 0.6) is 5.75 Å². The molecule has 0 spiro atoms. The zero-order valence-electron chi connectivity index (χ0n) is 14.5. The van der Waals surface area contributed by atoms with E-state index in [1.165, 1.54) is 14.2 Å². The van der Waals surface area contributed by atoms with Crippen LogP contribution in [0.2, 0.25) is 0 Å². The average molecular weight is 354 g/mol. The molecule has 2 aromatic rings. The first-order valence-electron chi connectivity index (χ1n) is 8.16. The van der Waals surface area contributed by atoms with E-state index in [0.29, 0.717) is 12.0 Å². The van der Waals surface area contributed by atoms with Crippen molar-refractivity contribution in [2.45, 2.75) is 19.3 Å². The van der Waals surface area contributed by atoms with E-state index in [4.69, 9.17) is 4.74 Å². The van der Waals surface area contributed by atoms with Gasteiger partial charge >= 0.3 is 0 Å². The van der Waals surface area contributed by atoms with Gasteiger partial charge in [-0.15, -0.1) is 0 Å². The minimum Gasteiger partial charge on any atom is -0.505 e. The van der Waals surface area contributed by atoms with E-state index in [1.807, 2.05) is 0 Å². The number of hydrogen-bond donors (Lipinski definition) is 1. The first-order valence-corrected chi connectivity index (χ1v) is 8.16. The molecule has 1 aliphatic carbocycles. The van der Waals surface area contributed by atoms with Crippen molar-refractivity contribution in [3.8, 4) is 16.9 Å². The summed E-state index contributed by atoms with van der Waals surface area (Å²) in [7, 11) is 2.77. The zero-order chi connectivity index (χ0) is 18.8. The van der Waals surface area contributed by atoms with Crippen LogP contribution in [0, 0.1) is 0 Å². The Labute approximate surface area is 149 Å². The molecule has 26 heavy (non-hydrogen) atoms. The number of benzene rings is 1. The van der Waals surface area contributed by atoms with Crippen LogP contribution < -0.4 is 10.3 Å². The van der Waals surface area contributed by atoms with Crippen LogP contribution in [0.25, 0.3) is 16.9 Å². The highest BCUT2D eigenvalue weighted by atomic mass is 16.5. The van der Waals surface area contributed by atoms with Crippen molar-refractivity contribution in [3.05, 3.63) is 52.0 Å². The Balaban J connectivity index is 2.33. The largest absolute Gasteiger partial charge is 0.505 e. The minimum atomic E-state index is -0.552. The number of aryl methyl sites for hydroxylation is 1. The van der Waals surface area contributed by atoms with E-state index in [2.05, 4.69) is 5.10 Å². The Hall–Kier alpha value is -3.22. The molecule has 1 N–H and O–H groups in total. The lowest BCUT2D eigenvalue weighted by Gasteiger charge is -2.17. The fourth-order valence-corrected chi connectivity index (χ4v) is 3.03. The lowest BCUT2D eigenvalue weighted by atomic mass is 9.90. The highest BCUT2D eigenvalue weighted by molar-refractivity contribution is 6.25. The third-order valence-electron chi connectivity index (χ3n) is 4.29. The van der Waals surface area contributed by atoms with Gasteiger partial charge in [0.1, 0.15) is 5.57 Å². The number of Topliss-reactive ketones (excluding diaryl/α,β-unsaturated/α-hetero) is 2. The van der Waals surface area contributed by atoms with E-state index < -0.39 is 22.9 Å². The smallest absolute Gasteiger partial charge is 0.278 e. The Bertz CT molecular complexity index is 955. The summed E-state index contributed by atoms with van der Waals surface area (Å²) in [5.74, 6) is -1.39. The molecule has 0 radical (unpaired) electrons. The third-order valence-corrected chi connectivity index (χ3v) is 4.29. The van der Waals surface area contributed by atoms with Gasteiger partial charge in [0.2, 0.25) is 0 Å². The minimum absolute atomic E-state index is 0.0236. The molecule has 0 bridgehead atoms. The third kappa shape index (κ3) is 2.92. The highest BCUT2D eigenvalue weighted by Crippen LogP contribution is 2.34. The van der Waals surface area contributed by atoms with Crippen molar-refractivity contribution >= 4 is 17.3 Å². The number of aromatic nitrogens is 2. The SMILES string of the molecule is COc1c(C(O)=C2C(=O)CCCC2=O)nn(C)c(=O)c1-c1ccccc1. The second kappa shape index (κ2) is 6.95. The molecule has 0 saturated heterocycles. The molecule has 1 aliphatic rings. The highest BCUT2D eigenvalue weighted by Gasteiger charge is 2.31. The van der Waals surface area contributed by atoms with Crippen LogP contribution in [-0.2, 0) is 16.6 Å². The Kier molecular flexibility index (Phi) is 4.71. The summed E-state index contributed by atoms with van der Waals surface area (Å²) in [5.41, 5.74) is -0.0289. The molecule has 0 aliphatic heterocycles. The summed E-state index contributed by atoms with van der Waals surface area (Å²) >= 11 is 0. The molecular formula is C19H18N2O5. The normalized spacial score (nSPS) is 14.5. The van der Waals surface area contributed by atoms with Crippen LogP contribution >= 0.6 is 0 Å². The van der Waals surface area contributed by atoms with Crippen molar-refractivity contribution in [1.82, 2.24) is 9.78 Å². The Morgan fingerprint density at radius 2 is 1.73 bits per heavy atom. The van der Waals surface area contributed by atoms with Gasteiger partial charge in [-0.05, 0) is 12.0 Å². The molecule has 0 amide bonds. The summed E-state index contributed by atoms with van der Waals surface area (Å²) in [6.07, 6.45) is 0.830. The summed E-state index contributed by atoms with van der Waals surface area (Å²) < 4.78 is 6.41. The number of carbonyl (C=O) groups is 2. The van der Waals surface area contributed by atoms with Crippen molar-refractivity contribution in [1.29, 1.82) is 0 Å². The second-order valence-corrected chi connectivity index (χ2v) is 5.98. The number of ether oxygens (including phenoxy) is 1. The first-order chi connectivity index (χ1) is 12.5. The zero-order valence-corrected chi connectivity index (χ0v) is 14.5. The number of carbonyl (C=O) groups excluding carboxylic acids is 2. The average Bonchev–Trinajstić information content (AvgIpc) is 2.63. The first kappa shape index (κ1) is 17.6. The van der Waals surface area contributed by atoms with Gasteiger partial charge in [0, 0.05) is 19.9 Å². The fourth-order valence-electron chi connectivity index (χ4n) is 3.03. The van der Waals surface area contributed by atoms with E-state index in [0.717, 1.165) is 4.68 Å². The Morgan fingerprint density at radius 1 is 1.12 bits per heavy atom. The van der Waals surface area contributed by atoms with Crippen LogP contribution in [0.4, 0.5) is 0 Å². The molecule has 1 heterocycles. The number of methoxy groups -OCH3 is 1. The van der Waals surface area contributed by atoms with Gasteiger partial charge in [-0.3, -0.25) is 14.4 Å². The van der Waals surface area contributed by atoms with Gasteiger partial charge in [-0.25, -0.2) is 4.68 Å². The molecule has 0 atom stereocenters. The molecule has 1 saturated carbocycles. The summed E-state index contributed by atoms with van der Waals surface area (Å²) in [4.78, 5) is 36.9. The number of aliphatic hydroxyl groups is 1. The van der Waals surface area contributed by atoms with E-state index in [9.17, 15) is 19.5 Å². The summed E-state index contributed by atoms with van der Waals surface area (Å²) in [5, 5.41) is 14.7. The van der Waals surface area contributed by atoms with E-state index in [-0.39, 0.29) is 35.4 Å². The second-order valence-electron chi connectivity index (χ2n) is 5.98. The van der Waals surface area contributed by atoms with Gasteiger partial charge < -0.3 is 9.84 Å². The maximum Gasteiger partial charge on any atom is 0.278 e. The van der Waals surface area contributed by atoms with Gasteiger partial charge in [-0.2, -0.15) is 5.10 Å². The number of allylic oxidation sites excluding steroid dienone is 1. The topological polar surface area (TPSA) is 98.5 Å². The number of rotatable bonds is 3. The van der Waals surface area contributed by atoms with Gasteiger partial charge in [0.25, 0.3) is 5.56 Å². The number of hydrogen-bond acceptors (Lipinski definition) is 6. The molecule has 7 nitrogen and oxygen atoms in total. The summed E-state index contributed by atoms with van der Waals surface area (Å²) in [6.45, 7) is 0. The van der Waals surface area contributed by atoms with Gasteiger partial charge in [0.15, 0.2) is 28.8 Å². The predicted octanol–water partition coefficient (Wildman–Crippen LogP) is 2.05. The quantitative estimate of drug-likeness (QED) is 0.515. The number of aliphatic hydroxyl groups excluding tert-OH is 1. The maximum atomic E-state index is 12.6. The van der Waals surface area contributed by atoms with Gasteiger partial charge in [-0.1, -0.05) is 30.3 Å². The molecule has 3 rings (SSSR count). The molecule has 1 aromatic heterocycles. The fraction of sp³-hybridized carbons (Fsp3) is 0.263. The van der Waals surface area contributed by atoms with Crippen LogP contribution in [0.15, 0.2) is 40.7 Å². The maximum absolute atomic E-state index is 12.6. The van der Waals surface area contributed by atoms with Crippen LogP contribution in [-0.4, -0.2) is 33.6 Å². The number of nitrogens with zero attached hydrogens (tertiary/aromatic N) is 2. The van der Waals surface area contributed by atoms with Crippen molar-refractivity contribution in [2.75, 3.05) is 7.11 Å². The molecule has 134 valence electrons. The molecule has 7 heteroatoms. The number of ketones is 2. The van der Waals surface area contributed by atoms with Crippen molar-refractivity contribution < 1.29 is 19.4 Å². The molecular weight excluding hydrogens is 336 g/mol. The van der Waals surface area contributed by atoms with Crippen molar-refractivity contribution in [2.24, 2.45) is 7.05 Å². The van der Waals surface area contributed by atoms with E-state index in [1.54, 1.807) is 30.3 Å². The van der Waals surface area contributed by atoms with Gasteiger partial charge in [0.05, 0.1) is 12.7 Å². The molecule has 1 aromatic carbocycles. The standard InChI is InChI=1S/C19H18N2O5/c1-21-19(25)14(11-7-4-3-5-8-11)18(26-2)16(20-21)17(24)15-12(22)9-6-10-13(15)23/h3-5,7-8,24H,6,9-10H2,1-2H3. The molecule has 1 fully saturated rings. The lowest BCUT2D eigenvalue weighted by Crippen LogP contribution is -2.26. The molecule has 0 unspecified atom stereocenters. The lowest BCUT2D eigenvalue weighted by molar-refractivity contribution is -0.123. The Morgan fingerprint density at radius 3 is 2.31 bits per heavy atom. The monoisotopic (exact) mass is 354 g/mol. The summed E-state index contributed by atoms with van der Waals surface area (Å²) in [6, 6.07) is 8.79. The van der Waals surface area contributed by atoms with Crippen LogP contribution in [0.1, 0.15) is 25.0 Å². The predicted molar refractivity (Wildman–Crippen MR) is 94.9 cm³/mol.